The van der Waals surface area contributed by atoms with E-state index in [1.165, 1.54) is 33.3 Å². The highest BCUT2D eigenvalue weighted by molar-refractivity contribution is 8.00. The molecule has 3 aromatic rings. The maximum atomic E-state index is 13.0. The second-order valence-corrected chi connectivity index (χ2v) is 11.6. The third-order valence-corrected chi connectivity index (χ3v) is 8.95. The van der Waals surface area contributed by atoms with E-state index in [2.05, 4.69) is 16.3 Å². The van der Waals surface area contributed by atoms with E-state index < -0.39 is 15.3 Å². The van der Waals surface area contributed by atoms with Gasteiger partial charge in [0.2, 0.25) is 15.9 Å². The van der Waals surface area contributed by atoms with Crippen LogP contribution in [0.4, 0.5) is 0 Å². The summed E-state index contributed by atoms with van der Waals surface area (Å²) >= 11 is 1.20. The summed E-state index contributed by atoms with van der Waals surface area (Å²) in [7, 11) is -3.64. The molecule has 5 rings (SSSR count). The number of ketones is 1. The summed E-state index contributed by atoms with van der Waals surface area (Å²) in [5, 5.41) is 8.00. The van der Waals surface area contributed by atoms with Gasteiger partial charge in [0.05, 0.1) is 23.4 Å². The Kier molecular flexibility index (Phi) is 6.57. The fourth-order valence-electron chi connectivity index (χ4n) is 4.26. The molecule has 1 fully saturated rings. The van der Waals surface area contributed by atoms with E-state index in [4.69, 9.17) is 9.15 Å². The summed E-state index contributed by atoms with van der Waals surface area (Å²) in [4.78, 5) is 13.1. The van der Waals surface area contributed by atoms with Crippen LogP contribution >= 0.6 is 11.8 Å². The van der Waals surface area contributed by atoms with Crippen molar-refractivity contribution >= 4 is 27.6 Å². The molecule has 34 heavy (non-hydrogen) atoms. The van der Waals surface area contributed by atoms with Gasteiger partial charge in [-0.25, -0.2) is 8.42 Å². The van der Waals surface area contributed by atoms with Gasteiger partial charge in [-0.3, -0.25) is 4.79 Å². The van der Waals surface area contributed by atoms with Crippen LogP contribution in [-0.4, -0.2) is 60.3 Å². The second-order valence-electron chi connectivity index (χ2n) is 8.38. The molecule has 2 aromatic carbocycles. The zero-order chi connectivity index (χ0) is 23.7. The Morgan fingerprint density at radius 2 is 1.85 bits per heavy atom. The van der Waals surface area contributed by atoms with E-state index in [0.717, 1.165) is 19.3 Å². The number of fused-ring (bicyclic) bond motifs is 1. The molecule has 1 saturated heterocycles. The molecule has 0 spiro atoms. The molecule has 1 aliphatic carbocycles. The highest BCUT2D eigenvalue weighted by atomic mass is 32.2. The van der Waals surface area contributed by atoms with Gasteiger partial charge in [-0.05, 0) is 61.6 Å². The third kappa shape index (κ3) is 4.68. The Bertz CT molecular complexity index is 1320. The average molecular weight is 500 g/mol. The van der Waals surface area contributed by atoms with Crippen molar-refractivity contribution in [2.45, 2.75) is 41.6 Å². The summed E-state index contributed by atoms with van der Waals surface area (Å²) < 4.78 is 38.4. The van der Waals surface area contributed by atoms with Crippen molar-refractivity contribution < 1.29 is 22.4 Å². The van der Waals surface area contributed by atoms with Gasteiger partial charge in [-0.15, -0.1) is 10.2 Å². The summed E-state index contributed by atoms with van der Waals surface area (Å²) in [5.74, 6) is 0.219. The highest BCUT2D eigenvalue weighted by Gasteiger charge is 2.27. The van der Waals surface area contributed by atoms with Crippen molar-refractivity contribution in [2.75, 3.05) is 26.3 Å². The van der Waals surface area contributed by atoms with Crippen LogP contribution in [0.3, 0.4) is 0 Å². The predicted molar refractivity (Wildman–Crippen MR) is 127 cm³/mol. The standard InChI is InChI=1S/C24H25N3O5S2/c1-16(22(28)19-9-8-17-4-2-5-18(17)14-19)33-24-26-25-23(32-24)20-6-3-7-21(15-20)34(29,30)27-10-12-31-13-11-27/h3,6-9,14-16H,2,4-5,10-13H2,1H3/t16-/m1/s1. The van der Waals surface area contributed by atoms with Crippen LogP contribution in [-0.2, 0) is 27.6 Å². The molecule has 2 aliphatic rings. The van der Waals surface area contributed by atoms with Crippen molar-refractivity contribution in [3.8, 4) is 11.5 Å². The number of aromatic nitrogens is 2. The number of nitrogens with zero attached hydrogens (tertiary/aromatic N) is 3. The maximum Gasteiger partial charge on any atom is 0.277 e. The maximum absolute atomic E-state index is 13.0. The first-order valence-corrected chi connectivity index (χ1v) is 13.6. The van der Waals surface area contributed by atoms with Crippen molar-refractivity contribution in [3.63, 3.8) is 0 Å². The van der Waals surface area contributed by atoms with Crippen LogP contribution in [0.25, 0.3) is 11.5 Å². The number of Topliss-reactive ketones (excluding diaryl/α,β-unsaturated/α-hetero) is 1. The van der Waals surface area contributed by atoms with Crippen molar-refractivity contribution in [1.82, 2.24) is 14.5 Å². The van der Waals surface area contributed by atoms with Crippen LogP contribution < -0.4 is 0 Å². The zero-order valence-corrected chi connectivity index (χ0v) is 20.4. The lowest BCUT2D eigenvalue weighted by Crippen LogP contribution is -2.40. The largest absolute Gasteiger partial charge is 0.411 e. The number of rotatable bonds is 7. The fraction of sp³-hybridized carbons (Fsp3) is 0.375. The molecule has 0 bridgehead atoms. The van der Waals surface area contributed by atoms with Crippen molar-refractivity contribution in [1.29, 1.82) is 0 Å². The van der Waals surface area contributed by atoms with Gasteiger partial charge in [-0.2, -0.15) is 4.31 Å². The number of benzene rings is 2. The number of carbonyl (C=O) groups excluding carboxylic acids is 1. The number of hydrogen-bond acceptors (Lipinski definition) is 8. The van der Waals surface area contributed by atoms with Crippen LogP contribution in [0, 0.1) is 0 Å². The Morgan fingerprint density at radius 1 is 1.06 bits per heavy atom. The molecule has 10 heteroatoms. The number of aryl methyl sites for hydroxylation is 2. The predicted octanol–water partition coefficient (Wildman–Crippen LogP) is 3.61. The van der Waals surface area contributed by atoms with Crippen molar-refractivity contribution in [2.24, 2.45) is 0 Å². The number of morpholine rings is 1. The van der Waals surface area contributed by atoms with Crippen LogP contribution in [0.5, 0.6) is 0 Å². The van der Waals surface area contributed by atoms with Gasteiger partial charge in [-0.1, -0.05) is 30.0 Å². The Balaban J connectivity index is 1.30. The fourth-order valence-corrected chi connectivity index (χ4v) is 6.48. The van der Waals surface area contributed by atoms with Gasteiger partial charge in [0, 0.05) is 24.2 Å². The van der Waals surface area contributed by atoms with Gasteiger partial charge in [0.15, 0.2) is 5.78 Å². The molecule has 1 atom stereocenters. The lowest BCUT2D eigenvalue weighted by atomic mass is 10.0. The van der Waals surface area contributed by atoms with E-state index >= 15 is 0 Å². The van der Waals surface area contributed by atoms with Crippen LogP contribution in [0.1, 0.15) is 34.8 Å². The Labute approximate surface area is 202 Å². The topological polar surface area (TPSA) is 103 Å². The molecule has 0 radical (unpaired) electrons. The number of thioether (sulfide) groups is 1. The molecular weight excluding hydrogens is 474 g/mol. The molecule has 1 aromatic heterocycles. The number of ether oxygens (including phenoxy) is 1. The lowest BCUT2D eigenvalue weighted by molar-refractivity contribution is 0.0730. The monoisotopic (exact) mass is 499 g/mol. The van der Waals surface area contributed by atoms with Crippen molar-refractivity contribution in [3.05, 3.63) is 59.2 Å². The minimum absolute atomic E-state index is 0.0121. The van der Waals surface area contributed by atoms with E-state index in [0.29, 0.717) is 37.4 Å². The number of sulfonamides is 1. The summed E-state index contributed by atoms with van der Waals surface area (Å²) in [5.41, 5.74) is 3.79. The van der Waals surface area contributed by atoms with Gasteiger partial charge in [0.1, 0.15) is 0 Å². The smallest absolute Gasteiger partial charge is 0.277 e. The van der Waals surface area contributed by atoms with E-state index in [1.807, 2.05) is 19.1 Å². The molecule has 178 valence electrons. The Morgan fingerprint density at radius 3 is 2.68 bits per heavy atom. The number of hydrogen-bond donors (Lipinski definition) is 0. The molecule has 1 aliphatic heterocycles. The lowest BCUT2D eigenvalue weighted by Gasteiger charge is -2.26. The first-order valence-electron chi connectivity index (χ1n) is 11.3. The molecule has 0 saturated carbocycles. The minimum atomic E-state index is -3.64. The first kappa shape index (κ1) is 23.2. The number of carbonyl (C=O) groups is 1. The van der Waals surface area contributed by atoms with E-state index in [9.17, 15) is 13.2 Å². The molecule has 0 unspecified atom stereocenters. The van der Waals surface area contributed by atoms with Crippen LogP contribution in [0.2, 0.25) is 0 Å². The van der Waals surface area contributed by atoms with Crippen LogP contribution in [0.15, 0.2) is 57.0 Å². The summed E-state index contributed by atoms with van der Waals surface area (Å²) in [6.07, 6.45) is 3.23. The van der Waals surface area contributed by atoms with Gasteiger partial charge >= 0.3 is 0 Å². The SMILES string of the molecule is C[C@@H](Sc1nnc(-c2cccc(S(=O)(=O)N3CCOCC3)c2)o1)C(=O)c1ccc2c(c1)CCC2. The van der Waals surface area contributed by atoms with E-state index in [-0.39, 0.29) is 21.8 Å². The minimum Gasteiger partial charge on any atom is -0.411 e. The molecular formula is C24H25N3O5S2. The Hall–Kier alpha value is -2.53. The zero-order valence-electron chi connectivity index (χ0n) is 18.8. The molecule has 0 N–H and O–H groups in total. The summed E-state index contributed by atoms with van der Waals surface area (Å²) in [6, 6.07) is 12.4. The molecule has 0 amide bonds. The first-order chi connectivity index (χ1) is 16.4. The van der Waals surface area contributed by atoms with Gasteiger partial charge < -0.3 is 9.15 Å². The second kappa shape index (κ2) is 9.61. The highest BCUT2D eigenvalue weighted by Crippen LogP contribution is 2.30. The normalized spacial score (nSPS) is 17.4. The molecule has 8 nitrogen and oxygen atoms in total. The summed E-state index contributed by atoms with van der Waals surface area (Å²) in [6.45, 7) is 3.23. The average Bonchev–Trinajstić information content (AvgIpc) is 3.53. The van der Waals surface area contributed by atoms with Gasteiger partial charge in [0.25, 0.3) is 5.22 Å². The third-order valence-electron chi connectivity index (χ3n) is 6.13. The molecule has 2 heterocycles. The van der Waals surface area contributed by atoms with E-state index in [1.54, 1.807) is 18.2 Å². The quantitative estimate of drug-likeness (QED) is 0.359.